The molecule has 0 spiro atoms. The monoisotopic (exact) mass is 332 g/mol. The molecule has 0 bridgehead atoms. The fraction of sp³-hybridized carbons (Fsp3) is 0.529. The number of hydrogen-bond donors (Lipinski definition) is 1. The number of aryl methyl sites for hydroxylation is 1. The quantitative estimate of drug-likeness (QED) is 0.789. The van der Waals surface area contributed by atoms with Crippen molar-refractivity contribution in [1.82, 2.24) is 19.6 Å². The largest absolute Gasteiger partial charge is 0.350 e. The van der Waals surface area contributed by atoms with Crippen LogP contribution in [0.3, 0.4) is 0 Å². The van der Waals surface area contributed by atoms with E-state index in [4.69, 9.17) is 0 Å². The summed E-state index contributed by atoms with van der Waals surface area (Å²) in [5.41, 5.74) is 2.99. The summed E-state index contributed by atoms with van der Waals surface area (Å²) in [5, 5.41) is 2.96. The van der Waals surface area contributed by atoms with Crippen molar-refractivity contribution >= 4 is 23.3 Å². The lowest BCUT2D eigenvalue weighted by Crippen LogP contribution is -2.26. The molecule has 3 heterocycles. The first-order chi connectivity index (χ1) is 11.2. The van der Waals surface area contributed by atoms with Crippen molar-refractivity contribution in [2.45, 2.75) is 26.3 Å². The van der Waals surface area contributed by atoms with Crippen LogP contribution in [0.4, 0.5) is 0 Å². The van der Waals surface area contributed by atoms with Gasteiger partial charge in [-0.2, -0.15) is 11.8 Å². The van der Waals surface area contributed by atoms with E-state index < -0.39 is 0 Å². The standard InChI is InChI=1S/C17H24N4OS/c1-14-5-4-8-21-12-15(19-17(14)21)11-18-16(22)13-23-10-9-20-6-2-3-7-20/h4-5,8,12H,2-3,6-7,9-11,13H2,1H3,(H,18,22). The third-order valence-corrected chi connectivity index (χ3v) is 5.12. The van der Waals surface area contributed by atoms with Gasteiger partial charge in [0.15, 0.2) is 0 Å². The van der Waals surface area contributed by atoms with Gasteiger partial charge in [-0.3, -0.25) is 4.79 Å². The van der Waals surface area contributed by atoms with E-state index in [0.29, 0.717) is 12.3 Å². The molecule has 1 fully saturated rings. The summed E-state index contributed by atoms with van der Waals surface area (Å²) < 4.78 is 2.00. The van der Waals surface area contributed by atoms with Crippen LogP contribution < -0.4 is 5.32 Å². The minimum absolute atomic E-state index is 0.0881. The number of thioether (sulfide) groups is 1. The Morgan fingerprint density at radius 1 is 1.39 bits per heavy atom. The first kappa shape index (κ1) is 16.3. The maximum absolute atomic E-state index is 11.9. The predicted molar refractivity (Wildman–Crippen MR) is 94.8 cm³/mol. The lowest BCUT2D eigenvalue weighted by atomic mass is 10.3. The van der Waals surface area contributed by atoms with Crippen LogP contribution >= 0.6 is 11.8 Å². The van der Waals surface area contributed by atoms with Gasteiger partial charge in [-0.15, -0.1) is 0 Å². The molecule has 2 aromatic rings. The molecule has 124 valence electrons. The van der Waals surface area contributed by atoms with E-state index in [1.165, 1.54) is 25.9 Å². The molecule has 2 aromatic heterocycles. The second-order valence-corrected chi connectivity index (χ2v) is 7.14. The van der Waals surface area contributed by atoms with Crippen LogP contribution in [0.15, 0.2) is 24.5 Å². The molecule has 6 heteroatoms. The van der Waals surface area contributed by atoms with Crippen molar-refractivity contribution in [2.24, 2.45) is 0 Å². The zero-order chi connectivity index (χ0) is 16.1. The van der Waals surface area contributed by atoms with E-state index in [0.717, 1.165) is 29.2 Å². The number of fused-ring (bicyclic) bond motifs is 1. The second-order valence-electron chi connectivity index (χ2n) is 6.03. The van der Waals surface area contributed by atoms with Crippen LogP contribution in [0.1, 0.15) is 24.1 Å². The number of nitrogens with one attached hydrogen (secondary N) is 1. The highest BCUT2D eigenvalue weighted by atomic mass is 32.2. The molecular weight excluding hydrogens is 308 g/mol. The zero-order valence-electron chi connectivity index (χ0n) is 13.6. The number of hydrogen-bond acceptors (Lipinski definition) is 4. The molecule has 1 aliphatic heterocycles. The molecule has 1 aliphatic rings. The van der Waals surface area contributed by atoms with Gasteiger partial charge in [-0.05, 0) is 44.5 Å². The number of likely N-dealkylation sites (tertiary alicyclic amines) is 1. The predicted octanol–water partition coefficient (Wildman–Crippen LogP) is 2.09. The van der Waals surface area contributed by atoms with Crippen LogP contribution in [-0.2, 0) is 11.3 Å². The van der Waals surface area contributed by atoms with E-state index >= 15 is 0 Å². The number of aromatic nitrogens is 2. The van der Waals surface area contributed by atoms with E-state index in [9.17, 15) is 4.79 Å². The SMILES string of the molecule is Cc1cccn2cc(CNC(=O)CSCCN3CCCC3)nc12. The van der Waals surface area contributed by atoms with Crippen molar-refractivity contribution in [3.63, 3.8) is 0 Å². The fourth-order valence-corrected chi connectivity index (χ4v) is 3.71. The Morgan fingerprint density at radius 3 is 3.00 bits per heavy atom. The highest BCUT2D eigenvalue weighted by Crippen LogP contribution is 2.11. The highest BCUT2D eigenvalue weighted by molar-refractivity contribution is 7.99. The molecule has 1 saturated heterocycles. The molecular formula is C17H24N4OS. The molecule has 23 heavy (non-hydrogen) atoms. The topological polar surface area (TPSA) is 49.6 Å². The third kappa shape index (κ3) is 4.48. The number of amides is 1. The first-order valence-corrected chi connectivity index (χ1v) is 9.38. The second kappa shape index (κ2) is 7.84. The Bertz CT molecular complexity index is 664. The van der Waals surface area contributed by atoms with Gasteiger partial charge in [-0.25, -0.2) is 4.98 Å². The van der Waals surface area contributed by atoms with Gasteiger partial charge in [0, 0.05) is 24.7 Å². The zero-order valence-corrected chi connectivity index (χ0v) is 14.4. The van der Waals surface area contributed by atoms with E-state index in [1.54, 1.807) is 11.8 Å². The normalized spacial score (nSPS) is 15.3. The number of carbonyl (C=O) groups is 1. The van der Waals surface area contributed by atoms with E-state index in [-0.39, 0.29) is 5.91 Å². The van der Waals surface area contributed by atoms with E-state index in [2.05, 4.69) is 15.2 Å². The summed E-state index contributed by atoms with van der Waals surface area (Å²) in [4.78, 5) is 19.0. The van der Waals surface area contributed by atoms with Gasteiger partial charge in [0.1, 0.15) is 5.65 Å². The minimum atomic E-state index is 0.0881. The molecule has 3 rings (SSSR count). The van der Waals surface area contributed by atoms with Crippen LogP contribution in [0.25, 0.3) is 5.65 Å². The van der Waals surface area contributed by atoms with Crippen molar-refractivity contribution in [1.29, 1.82) is 0 Å². The smallest absolute Gasteiger partial charge is 0.230 e. The Kier molecular flexibility index (Phi) is 5.56. The summed E-state index contributed by atoms with van der Waals surface area (Å²) in [5.74, 6) is 1.64. The molecule has 1 amide bonds. The van der Waals surface area contributed by atoms with Crippen molar-refractivity contribution in [3.8, 4) is 0 Å². The van der Waals surface area contributed by atoms with Crippen molar-refractivity contribution in [3.05, 3.63) is 35.8 Å². The third-order valence-electron chi connectivity index (χ3n) is 4.18. The number of carbonyl (C=O) groups excluding carboxylic acids is 1. The number of rotatable bonds is 7. The minimum Gasteiger partial charge on any atom is -0.350 e. The van der Waals surface area contributed by atoms with Gasteiger partial charge in [0.05, 0.1) is 18.0 Å². The summed E-state index contributed by atoms with van der Waals surface area (Å²) in [6.07, 6.45) is 6.60. The molecule has 0 aromatic carbocycles. The lowest BCUT2D eigenvalue weighted by molar-refractivity contribution is -0.118. The molecule has 1 N–H and O–H groups in total. The number of pyridine rings is 1. The summed E-state index contributed by atoms with van der Waals surface area (Å²) in [7, 11) is 0. The maximum atomic E-state index is 11.9. The van der Waals surface area contributed by atoms with Crippen molar-refractivity contribution < 1.29 is 4.79 Å². The molecule has 0 aliphatic carbocycles. The first-order valence-electron chi connectivity index (χ1n) is 8.22. The van der Waals surface area contributed by atoms with Crippen LogP contribution in [0.2, 0.25) is 0 Å². The number of imidazole rings is 1. The van der Waals surface area contributed by atoms with Crippen LogP contribution in [0.5, 0.6) is 0 Å². The maximum Gasteiger partial charge on any atom is 0.230 e. The van der Waals surface area contributed by atoms with Crippen molar-refractivity contribution in [2.75, 3.05) is 31.1 Å². The average Bonchev–Trinajstić information content (AvgIpc) is 3.19. The van der Waals surface area contributed by atoms with Crippen LogP contribution in [0, 0.1) is 6.92 Å². The summed E-state index contributed by atoms with van der Waals surface area (Å²) in [6.45, 7) is 6.08. The van der Waals surface area contributed by atoms with Gasteiger partial charge >= 0.3 is 0 Å². The number of nitrogens with zero attached hydrogens (tertiary/aromatic N) is 3. The molecule has 0 unspecified atom stereocenters. The Labute approximate surface area is 141 Å². The molecule has 0 atom stereocenters. The van der Waals surface area contributed by atoms with Crippen LogP contribution in [-0.4, -0.2) is 51.3 Å². The lowest BCUT2D eigenvalue weighted by Gasteiger charge is -2.13. The molecule has 0 saturated carbocycles. The van der Waals surface area contributed by atoms with Gasteiger partial charge in [-0.1, -0.05) is 6.07 Å². The molecule has 0 radical (unpaired) electrons. The van der Waals surface area contributed by atoms with Gasteiger partial charge in [0.2, 0.25) is 5.91 Å². The van der Waals surface area contributed by atoms with Gasteiger partial charge in [0.25, 0.3) is 0 Å². The fourth-order valence-electron chi connectivity index (χ4n) is 2.89. The van der Waals surface area contributed by atoms with Gasteiger partial charge < -0.3 is 14.6 Å². The highest BCUT2D eigenvalue weighted by Gasteiger charge is 2.11. The molecule has 5 nitrogen and oxygen atoms in total. The summed E-state index contributed by atoms with van der Waals surface area (Å²) >= 11 is 1.71. The Hall–Kier alpha value is -1.53. The Balaban J connectivity index is 1.38. The summed E-state index contributed by atoms with van der Waals surface area (Å²) in [6, 6.07) is 4.05. The van der Waals surface area contributed by atoms with E-state index in [1.807, 2.05) is 35.9 Å². The Morgan fingerprint density at radius 2 is 2.22 bits per heavy atom. The average molecular weight is 332 g/mol.